The van der Waals surface area contributed by atoms with Gasteiger partial charge in [0.05, 0.1) is 7.11 Å². The second-order valence-electron chi connectivity index (χ2n) is 3.79. The molecule has 0 saturated heterocycles. The summed E-state index contributed by atoms with van der Waals surface area (Å²) in [7, 11) is 1.67. The summed E-state index contributed by atoms with van der Waals surface area (Å²) in [6, 6.07) is 14.3. The summed E-state index contributed by atoms with van der Waals surface area (Å²) in [4.78, 5) is 0. The molecule has 1 N–H and O–H groups in total. The molecule has 0 fully saturated rings. The minimum Gasteiger partial charge on any atom is -0.497 e. The van der Waals surface area contributed by atoms with Gasteiger partial charge in [-0.15, -0.1) is 0 Å². The van der Waals surface area contributed by atoms with Crippen LogP contribution in [0.1, 0.15) is 5.56 Å². The molecule has 0 aliphatic heterocycles. The number of methoxy groups -OCH3 is 1. The van der Waals surface area contributed by atoms with Crippen molar-refractivity contribution in [1.29, 1.82) is 0 Å². The van der Waals surface area contributed by atoms with Crippen LogP contribution in [-0.2, 0) is 6.54 Å². The first kappa shape index (κ1) is 13.7. The summed E-state index contributed by atoms with van der Waals surface area (Å²) in [6.07, 6.45) is 0. The van der Waals surface area contributed by atoms with Gasteiger partial charge in [-0.05, 0) is 52.4 Å². The van der Waals surface area contributed by atoms with Gasteiger partial charge in [-0.1, -0.05) is 34.1 Å². The summed E-state index contributed by atoms with van der Waals surface area (Å²) >= 11 is 5.89. The summed E-state index contributed by atoms with van der Waals surface area (Å²) in [6.45, 7) is 0.782. The highest BCUT2D eigenvalue weighted by Crippen LogP contribution is 2.24. The Labute approximate surface area is 129 Å². The molecule has 0 spiro atoms. The fourth-order valence-corrected chi connectivity index (χ4v) is 2.67. The first-order chi connectivity index (χ1) is 8.70. The maximum Gasteiger partial charge on any atom is 0.120 e. The monoisotopic (exact) mass is 417 g/mol. The number of anilines is 1. The van der Waals surface area contributed by atoms with Crippen LogP contribution in [0, 0.1) is 3.57 Å². The Balaban J connectivity index is 2.09. The van der Waals surface area contributed by atoms with Crippen LogP contribution in [0.15, 0.2) is 46.9 Å². The topological polar surface area (TPSA) is 21.3 Å². The fourth-order valence-electron chi connectivity index (χ4n) is 1.59. The van der Waals surface area contributed by atoms with E-state index in [1.807, 2.05) is 24.3 Å². The number of nitrogens with one attached hydrogen (secondary N) is 1. The van der Waals surface area contributed by atoms with Crippen molar-refractivity contribution >= 4 is 44.2 Å². The van der Waals surface area contributed by atoms with Crippen molar-refractivity contribution in [3.8, 4) is 5.75 Å². The van der Waals surface area contributed by atoms with Gasteiger partial charge < -0.3 is 10.1 Å². The van der Waals surface area contributed by atoms with Gasteiger partial charge in [0.2, 0.25) is 0 Å². The number of halogens is 2. The summed E-state index contributed by atoms with van der Waals surface area (Å²) in [5.74, 6) is 0.861. The average molecular weight is 418 g/mol. The maximum atomic E-state index is 5.18. The summed E-state index contributed by atoms with van der Waals surface area (Å²) < 4.78 is 7.46. The molecule has 94 valence electrons. The zero-order valence-corrected chi connectivity index (χ0v) is 13.7. The summed E-state index contributed by atoms with van der Waals surface area (Å²) in [5, 5.41) is 3.43. The number of para-hydroxylation sites is 1. The lowest BCUT2D eigenvalue weighted by Gasteiger charge is -2.10. The van der Waals surface area contributed by atoms with Gasteiger partial charge in [-0.2, -0.15) is 0 Å². The molecule has 0 aliphatic carbocycles. The molecule has 2 aromatic rings. The number of ether oxygens (including phenoxy) is 1. The number of rotatable bonds is 4. The molecule has 0 aliphatic rings. The third-order valence-electron chi connectivity index (χ3n) is 2.60. The van der Waals surface area contributed by atoms with Crippen molar-refractivity contribution in [2.75, 3.05) is 12.4 Å². The summed E-state index contributed by atoms with van der Waals surface area (Å²) in [5.41, 5.74) is 2.36. The van der Waals surface area contributed by atoms with Crippen LogP contribution in [0.5, 0.6) is 5.75 Å². The predicted molar refractivity (Wildman–Crippen MR) is 87.2 cm³/mol. The highest BCUT2D eigenvalue weighted by Gasteiger charge is 2.03. The molecule has 0 heterocycles. The van der Waals surface area contributed by atoms with Gasteiger partial charge in [0, 0.05) is 20.3 Å². The molecule has 2 nitrogen and oxygen atoms in total. The van der Waals surface area contributed by atoms with E-state index in [9.17, 15) is 0 Å². The van der Waals surface area contributed by atoms with Crippen LogP contribution < -0.4 is 10.1 Å². The largest absolute Gasteiger partial charge is 0.497 e. The van der Waals surface area contributed by atoms with Gasteiger partial charge in [0.25, 0.3) is 0 Å². The molecule has 0 radical (unpaired) electrons. The lowest BCUT2D eigenvalue weighted by Crippen LogP contribution is -2.01. The van der Waals surface area contributed by atoms with E-state index in [-0.39, 0.29) is 0 Å². The first-order valence-electron chi connectivity index (χ1n) is 5.51. The molecule has 0 unspecified atom stereocenters. The Bertz CT molecular complexity index is 545. The molecular weight excluding hydrogens is 405 g/mol. The highest BCUT2D eigenvalue weighted by atomic mass is 127. The lowest BCUT2D eigenvalue weighted by molar-refractivity contribution is 0.414. The minimum absolute atomic E-state index is 0.782. The Morgan fingerprint density at radius 3 is 2.67 bits per heavy atom. The van der Waals surface area contributed by atoms with Crippen molar-refractivity contribution in [3.63, 3.8) is 0 Å². The molecule has 0 atom stereocenters. The molecule has 0 amide bonds. The van der Waals surface area contributed by atoms with Crippen LogP contribution in [0.25, 0.3) is 0 Å². The molecular formula is C14H13BrINO. The van der Waals surface area contributed by atoms with Gasteiger partial charge in [0.15, 0.2) is 0 Å². The van der Waals surface area contributed by atoms with E-state index in [1.54, 1.807) is 7.11 Å². The smallest absolute Gasteiger partial charge is 0.120 e. The van der Waals surface area contributed by atoms with Crippen molar-refractivity contribution in [3.05, 3.63) is 56.1 Å². The Morgan fingerprint density at radius 2 is 2.00 bits per heavy atom. The fraction of sp³-hybridized carbons (Fsp3) is 0.143. The molecule has 0 aromatic heterocycles. The molecule has 4 heteroatoms. The van der Waals surface area contributed by atoms with Gasteiger partial charge in [-0.3, -0.25) is 0 Å². The van der Waals surface area contributed by atoms with Crippen molar-refractivity contribution in [2.45, 2.75) is 6.54 Å². The van der Waals surface area contributed by atoms with Crippen LogP contribution in [0.4, 0.5) is 5.69 Å². The predicted octanol–water partition coefficient (Wildman–Crippen LogP) is 4.67. The standard InChI is InChI=1S/C14H13BrINO/c1-18-11-7-6-10(12(15)8-11)9-17-14-5-3-2-4-13(14)16/h2-8,17H,9H2,1H3. The maximum absolute atomic E-state index is 5.18. The van der Waals surface area contributed by atoms with Crippen LogP contribution in [0.3, 0.4) is 0 Å². The van der Waals surface area contributed by atoms with Crippen LogP contribution in [-0.4, -0.2) is 7.11 Å². The molecule has 0 bridgehead atoms. The van der Waals surface area contributed by atoms with E-state index in [0.29, 0.717) is 0 Å². The molecule has 2 rings (SSSR count). The van der Waals surface area contributed by atoms with Crippen LogP contribution >= 0.6 is 38.5 Å². The van der Waals surface area contributed by atoms with E-state index in [4.69, 9.17) is 4.74 Å². The molecule has 18 heavy (non-hydrogen) atoms. The third-order valence-corrected chi connectivity index (χ3v) is 4.28. The van der Waals surface area contributed by atoms with E-state index < -0.39 is 0 Å². The second kappa shape index (κ2) is 6.43. The zero-order valence-electron chi connectivity index (χ0n) is 9.91. The number of hydrogen-bond donors (Lipinski definition) is 1. The molecule has 2 aromatic carbocycles. The minimum atomic E-state index is 0.782. The highest BCUT2D eigenvalue weighted by molar-refractivity contribution is 14.1. The Morgan fingerprint density at radius 1 is 1.22 bits per heavy atom. The lowest BCUT2D eigenvalue weighted by atomic mass is 10.2. The van der Waals surface area contributed by atoms with Gasteiger partial charge >= 0.3 is 0 Å². The first-order valence-corrected chi connectivity index (χ1v) is 7.38. The molecule has 0 saturated carbocycles. The SMILES string of the molecule is COc1ccc(CNc2ccccc2I)c(Br)c1. The average Bonchev–Trinajstić information content (AvgIpc) is 2.39. The number of benzene rings is 2. The quantitative estimate of drug-likeness (QED) is 0.729. The van der Waals surface area contributed by atoms with Crippen molar-refractivity contribution < 1.29 is 4.74 Å². The van der Waals surface area contributed by atoms with Crippen molar-refractivity contribution in [2.24, 2.45) is 0 Å². The van der Waals surface area contributed by atoms with E-state index >= 15 is 0 Å². The van der Waals surface area contributed by atoms with E-state index in [1.165, 1.54) is 9.13 Å². The van der Waals surface area contributed by atoms with Gasteiger partial charge in [0.1, 0.15) is 5.75 Å². The van der Waals surface area contributed by atoms with E-state index in [2.05, 4.69) is 62.0 Å². The normalized spacial score (nSPS) is 10.2. The second-order valence-corrected chi connectivity index (χ2v) is 5.81. The number of hydrogen-bond acceptors (Lipinski definition) is 2. The van der Waals surface area contributed by atoms with E-state index in [0.717, 1.165) is 22.5 Å². The Kier molecular flexibility index (Phi) is 4.88. The van der Waals surface area contributed by atoms with Crippen molar-refractivity contribution in [1.82, 2.24) is 0 Å². The van der Waals surface area contributed by atoms with Gasteiger partial charge in [-0.25, -0.2) is 0 Å². The zero-order chi connectivity index (χ0) is 13.0. The van der Waals surface area contributed by atoms with Crippen LogP contribution in [0.2, 0.25) is 0 Å². The Hall–Kier alpha value is -0.750. The third kappa shape index (κ3) is 3.38.